The molecule has 2 amide bonds. The highest BCUT2D eigenvalue weighted by atomic mass is 16.2. The molecule has 0 bridgehead atoms. The van der Waals surface area contributed by atoms with E-state index in [-0.39, 0.29) is 12.1 Å². The number of rotatable bonds is 5. The number of carbonyl (C=O) groups excluding carboxylic acids is 1. The number of benzene rings is 1. The topological polar surface area (TPSA) is 71.3 Å². The van der Waals surface area contributed by atoms with Gasteiger partial charge in [-0.2, -0.15) is 0 Å². The molecule has 0 radical (unpaired) electrons. The molecule has 1 aliphatic rings. The van der Waals surface area contributed by atoms with E-state index in [1.54, 1.807) is 0 Å². The lowest BCUT2D eigenvalue weighted by molar-refractivity contribution is 0.233. The van der Waals surface area contributed by atoms with Gasteiger partial charge in [0.15, 0.2) is 5.65 Å². The molecule has 1 aromatic carbocycles. The molecule has 0 spiro atoms. The second-order valence-electron chi connectivity index (χ2n) is 6.91. The van der Waals surface area contributed by atoms with Crippen LogP contribution < -0.4 is 10.6 Å². The van der Waals surface area contributed by atoms with E-state index in [0.29, 0.717) is 12.5 Å². The summed E-state index contributed by atoms with van der Waals surface area (Å²) >= 11 is 0. The zero-order valence-corrected chi connectivity index (χ0v) is 14.9. The Balaban J connectivity index is 1.27. The van der Waals surface area contributed by atoms with Crippen LogP contribution in [0.5, 0.6) is 0 Å². The summed E-state index contributed by atoms with van der Waals surface area (Å²) in [7, 11) is 0. The number of amides is 2. The lowest BCUT2D eigenvalue weighted by Crippen LogP contribution is -2.39. The third-order valence-corrected chi connectivity index (χ3v) is 5.03. The summed E-state index contributed by atoms with van der Waals surface area (Å²) in [5, 5.41) is 14.4. The molecule has 6 nitrogen and oxygen atoms in total. The summed E-state index contributed by atoms with van der Waals surface area (Å²) in [6.45, 7) is 2.79. The monoisotopic (exact) mass is 349 g/mol. The van der Waals surface area contributed by atoms with Crippen molar-refractivity contribution in [1.82, 2.24) is 25.2 Å². The average Bonchev–Trinajstić information content (AvgIpc) is 3.20. The van der Waals surface area contributed by atoms with Crippen LogP contribution in [0.3, 0.4) is 0 Å². The van der Waals surface area contributed by atoms with E-state index in [4.69, 9.17) is 0 Å². The number of fused-ring (bicyclic) bond motifs is 2. The fraction of sp³-hybridized carbons (Fsp3) is 0.350. The normalized spacial score (nSPS) is 18.7. The number of nitrogens with one attached hydrogen (secondary N) is 2. The standard InChI is InChI=1S/C20H23N5O/c1-14-13-15-7-2-3-8-16(15)19(14)22-20(26)21-11-6-10-18-24-23-17-9-4-5-12-25(17)18/h2-5,7-9,12,14,19H,6,10-11,13H2,1H3,(H2,21,22,26)/t14-,19+/m0/s1. The van der Waals surface area contributed by atoms with E-state index < -0.39 is 0 Å². The van der Waals surface area contributed by atoms with E-state index >= 15 is 0 Å². The first kappa shape index (κ1) is 16.6. The van der Waals surface area contributed by atoms with Gasteiger partial charge >= 0.3 is 6.03 Å². The van der Waals surface area contributed by atoms with Gasteiger partial charge in [-0.15, -0.1) is 10.2 Å². The highest BCUT2D eigenvalue weighted by Gasteiger charge is 2.29. The zero-order valence-electron chi connectivity index (χ0n) is 14.9. The van der Waals surface area contributed by atoms with Gasteiger partial charge in [0.1, 0.15) is 5.82 Å². The fourth-order valence-corrected chi connectivity index (χ4v) is 3.72. The predicted molar refractivity (Wildman–Crippen MR) is 99.9 cm³/mol. The minimum atomic E-state index is -0.107. The van der Waals surface area contributed by atoms with Gasteiger partial charge in [0.25, 0.3) is 0 Å². The Labute approximate surface area is 152 Å². The zero-order chi connectivity index (χ0) is 17.9. The van der Waals surface area contributed by atoms with Crippen molar-refractivity contribution in [1.29, 1.82) is 0 Å². The molecule has 4 rings (SSSR count). The Kier molecular flexibility index (Phi) is 4.56. The van der Waals surface area contributed by atoms with Gasteiger partial charge < -0.3 is 10.6 Å². The quantitative estimate of drug-likeness (QED) is 0.696. The molecule has 0 fully saturated rings. The van der Waals surface area contributed by atoms with Gasteiger partial charge in [-0.1, -0.05) is 37.3 Å². The number of hydrogen-bond acceptors (Lipinski definition) is 3. The third-order valence-electron chi connectivity index (χ3n) is 5.03. The largest absolute Gasteiger partial charge is 0.338 e. The molecule has 0 saturated carbocycles. The summed E-state index contributed by atoms with van der Waals surface area (Å²) in [6.07, 6.45) is 4.57. The molecule has 1 aliphatic carbocycles. The van der Waals surface area contributed by atoms with Crippen LogP contribution in [0.2, 0.25) is 0 Å². The van der Waals surface area contributed by atoms with Crippen molar-refractivity contribution in [2.24, 2.45) is 5.92 Å². The van der Waals surface area contributed by atoms with Crippen LogP contribution in [0.25, 0.3) is 5.65 Å². The summed E-state index contributed by atoms with van der Waals surface area (Å²) in [6, 6.07) is 14.2. The molecule has 0 aliphatic heterocycles. The first-order valence-corrected chi connectivity index (χ1v) is 9.13. The van der Waals surface area contributed by atoms with Gasteiger partial charge in [0.2, 0.25) is 0 Å². The van der Waals surface area contributed by atoms with Crippen LogP contribution in [0.1, 0.15) is 36.3 Å². The van der Waals surface area contributed by atoms with E-state index in [2.05, 4.69) is 46.0 Å². The van der Waals surface area contributed by atoms with E-state index in [1.165, 1.54) is 11.1 Å². The van der Waals surface area contributed by atoms with Crippen LogP contribution in [0, 0.1) is 5.92 Å². The smallest absolute Gasteiger partial charge is 0.315 e. The number of aryl methyl sites for hydroxylation is 1. The lowest BCUT2D eigenvalue weighted by Gasteiger charge is -2.19. The number of hydrogen-bond donors (Lipinski definition) is 2. The van der Waals surface area contributed by atoms with E-state index in [0.717, 1.165) is 30.7 Å². The first-order chi connectivity index (χ1) is 12.7. The van der Waals surface area contributed by atoms with Crippen LogP contribution >= 0.6 is 0 Å². The lowest BCUT2D eigenvalue weighted by atomic mass is 10.0. The van der Waals surface area contributed by atoms with Crippen molar-refractivity contribution >= 4 is 11.7 Å². The second kappa shape index (κ2) is 7.15. The van der Waals surface area contributed by atoms with Gasteiger partial charge in [-0.3, -0.25) is 4.40 Å². The predicted octanol–water partition coefficient (Wildman–Crippen LogP) is 2.89. The average molecular weight is 349 g/mol. The second-order valence-corrected chi connectivity index (χ2v) is 6.91. The minimum absolute atomic E-state index is 0.0895. The summed E-state index contributed by atoms with van der Waals surface area (Å²) in [5.41, 5.74) is 3.43. The molecule has 2 N–H and O–H groups in total. The summed E-state index contributed by atoms with van der Waals surface area (Å²) in [5.74, 6) is 1.33. The highest BCUT2D eigenvalue weighted by molar-refractivity contribution is 5.74. The number of nitrogens with zero attached hydrogens (tertiary/aromatic N) is 3. The molecular formula is C20H23N5O. The van der Waals surface area contributed by atoms with Crippen LogP contribution in [-0.4, -0.2) is 27.2 Å². The van der Waals surface area contributed by atoms with Crippen molar-refractivity contribution in [3.63, 3.8) is 0 Å². The molecule has 26 heavy (non-hydrogen) atoms. The molecule has 0 saturated heterocycles. The number of aromatic nitrogens is 3. The molecule has 2 atom stereocenters. The molecule has 134 valence electrons. The molecule has 6 heteroatoms. The van der Waals surface area contributed by atoms with Gasteiger partial charge in [-0.25, -0.2) is 4.79 Å². The minimum Gasteiger partial charge on any atom is -0.338 e. The fourth-order valence-electron chi connectivity index (χ4n) is 3.72. The SMILES string of the molecule is C[C@H]1Cc2ccccc2[C@@H]1NC(=O)NCCCc1nnc2ccccn12. The highest BCUT2D eigenvalue weighted by Crippen LogP contribution is 2.35. The Bertz CT molecular complexity index is 919. The van der Waals surface area contributed by atoms with Gasteiger partial charge in [-0.05, 0) is 42.0 Å². The third kappa shape index (κ3) is 3.27. The molecule has 2 aromatic heterocycles. The molecule has 3 aromatic rings. The van der Waals surface area contributed by atoms with Crippen molar-refractivity contribution in [2.45, 2.75) is 32.2 Å². The van der Waals surface area contributed by atoms with E-state index in [9.17, 15) is 4.79 Å². The summed E-state index contributed by atoms with van der Waals surface area (Å²) < 4.78 is 1.98. The Morgan fingerprint density at radius 3 is 2.96 bits per heavy atom. The Morgan fingerprint density at radius 2 is 2.04 bits per heavy atom. The molecular weight excluding hydrogens is 326 g/mol. The maximum absolute atomic E-state index is 12.3. The van der Waals surface area contributed by atoms with E-state index in [1.807, 2.05) is 34.9 Å². The van der Waals surface area contributed by atoms with Gasteiger partial charge in [0.05, 0.1) is 6.04 Å². The molecule has 0 unspecified atom stereocenters. The van der Waals surface area contributed by atoms with Crippen LogP contribution in [0.15, 0.2) is 48.7 Å². The number of pyridine rings is 1. The van der Waals surface area contributed by atoms with Crippen molar-refractivity contribution in [2.75, 3.05) is 6.54 Å². The maximum Gasteiger partial charge on any atom is 0.315 e. The number of urea groups is 1. The van der Waals surface area contributed by atoms with Crippen molar-refractivity contribution in [3.8, 4) is 0 Å². The van der Waals surface area contributed by atoms with Gasteiger partial charge in [0, 0.05) is 19.2 Å². The Hall–Kier alpha value is -2.89. The van der Waals surface area contributed by atoms with Crippen LogP contribution in [-0.2, 0) is 12.8 Å². The Morgan fingerprint density at radius 1 is 1.19 bits per heavy atom. The molecule has 2 heterocycles. The van der Waals surface area contributed by atoms with Crippen molar-refractivity contribution < 1.29 is 4.79 Å². The van der Waals surface area contributed by atoms with Crippen molar-refractivity contribution in [3.05, 3.63) is 65.6 Å². The maximum atomic E-state index is 12.3. The first-order valence-electron chi connectivity index (χ1n) is 9.13. The summed E-state index contributed by atoms with van der Waals surface area (Å²) in [4.78, 5) is 12.3. The van der Waals surface area contributed by atoms with Crippen LogP contribution in [0.4, 0.5) is 4.79 Å². The number of carbonyl (C=O) groups is 1.